The zero-order chi connectivity index (χ0) is 7.84. The lowest BCUT2D eigenvalue weighted by Gasteiger charge is -2.03. The first-order chi connectivity index (χ1) is 5.31. The van der Waals surface area contributed by atoms with E-state index in [-0.39, 0.29) is 0 Å². The minimum Gasteiger partial charge on any atom is -0.330 e. The first kappa shape index (κ1) is 7.32. The second-order valence-corrected chi connectivity index (χ2v) is 4.51. The Hall–Kier alpha value is -0.340. The zero-order valence-corrected chi connectivity index (χ0v) is 7.58. The maximum Gasteiger partial charge on any atom is 0.0124 e. The first-order valence-electron chi connectivity index (χ1n) is 4.10. The summed E-state index contributed by atoms with van der Waals surface area (Å²) in [6.07, 6.45) is 2.53. The normalized spacial score (nSPS) is 22.2. The molecule has 0 bridgehead atoms. The molecule has 0 spiro atoms. The van der Waals surface area contributed by atoms with E-state index in [1.54, 1.807) is 10.4 Å². The van der Waals surface area contributed by atoms with Crippen LogP contribution in [0.15, 0.2) is 6.07 Å². The molecule has 1 aliphatic carbocycles. The molecule has 0 radical (unpaired) electrons. The van der Waals surface area contributed by atoms with Crippen LogP contribution in [-0.4, -0.2) is 6.54 Å². The van der Waals surface area contributed by atoms with Crippen LogP contribution in [0, 0.1) is 6.92 Å². The zero-order valence-electron chi connectivity index (χ0n) is 6.76. The fourth-order valence-corrected chi connectivity index (χ4v) is 3.03. The third kappa shape index (κ3) is 1.10. The largest absolute Gasteiger partial charge is 0.330 e. The SMILES string of the molecule is Cc1cc2c(s1)C(CN)CC2. The summed E-state index contributed by atoms with van der Waals surface area (Å²) in [5.41, 5.74) is 7.22. The number of nitrogens with two attached hydrogens (primary N) is 1. The Balaban J connectivity index is 2.37. The van der Waals surface area contributed by atoms with Crippen LogP contribution in [-0.2, 0) is 6.42 Å². The third-order valence-corrected chi connectivity index (χ3v) is 3.64. The molecule has 2 heteroatoms. The lowest BCUT2D eigenvalue weighted by Crippen LogP contribution is -2.07. The predicted octanol–water partition coefficient (Wildman–Crippen LogP) is 2.05. The van der Waals surface area contributed by atoms with Gasteiger partial charge in [-0.1, -0.05) is 0 Å². The van der Waals surface area contributed by atoms with E-state index in [0.717, 1.165) is 6.54 Å². The van der Waals surface area contributed by atoms with E-state index < -0.39 is 0 Å². The molecule has 1 aromatic rings. The average molecular weight is 167 g/mol. The Morgan fingerprint density at radius 2 is 2.55 bits per heavy atom. The van der Waals surface area contributed by atoms with E-state index in [4.69, 9.17) is 5.73 Å². The van der Waals surface area contributed by atoms with Crippen LogP contribution >= 0.6 is 11.3 Å². The number of hydrogen-bond acceptors (Lipinski definition) is 2. The van der Waals surface area contributed by atoms with E-state index in [1.165, 1.54) is 17.7 Å². The lowest BCUT2D eigenvalue weighted by atomic mass is 10.1. The molecule has 1 aromatic heterocycles. The van der Waals surface area contributed by atoms with Gasteiger partial charge in [-0.15, -0.1) is 11.3 Å². The molecule has 1 unspecified atom stereocenters. The van der Waals surface area contributed by atoms with Crippen molar-refractivity contribution in [2.24, 2.45) is 5.73 Å². The summed E-state index contributed by atoms with van der Waals surface area (Å²) in [6.45, 7) is 3.00. The fourth-order valence-electron chi connectivity index (χ4n) is 1.81. The van der Waals surface area contributed by atoms with E-state index in [1.807, 2.05) is 11.3 Å². The summed E-state index contributed by atoms with van der Waals surface area (Å²) in [7, 11) is 0. The van der Waals surface area contributed by atoms with Gasteiger partial charge in [0.15, 0.2) is 0 Å². The van der Waals surface area contributed by atoms with E-state index in [9.17, 15) is 0 Å². The Kier molecular flexibility index (Phi) is 1.74. The second-order valence-electron chi connectivity index (χ2n) is 3.22. The van der Waals surface area contributed by atoms with Crippen molar-refractivity contribution >= 4 is 11.3 Å². The summed E-state index contributed by atoms with van der Waals surface area (Å²) in [4.78, 5) is 3.00. The van der Waals surface area contributed by atoms with Gasteiger partial charge in [-0.05, 0) is 37.9 Å². The van der Waals surface area contributed by atoms with Crippen LogP contribution < -0.4 is 5.73 Å². The minimum absolute atomic E-state index is 0.670. The third-order valence-electron chi connectivity index (χ3n) is 2.38. The van der Waals surface area contributed by atoms with Crippen molar-refractivity contribution in [3.05, 3.63) is 21.4 Å². The molecule has 11 heavy (non-hydrogen) atoms. The molecule has 0 amide bonds. The molecule has 0 saturated heterocycles. The highest BCUT2D eigenvalue weighted by atomic mass is 32.1. The monoisotopic (exact) mass is 167 g/mol. The summed E-state index contributed by atoms with van der Waals surface area (Å²) in [5.74, 6) is 0.670. The van der Waals surface area contributed by atoms with Gasteiger partial charge in [-0.2, -0.15) is 0 Å². The molecule has 1 nitrogen and oxygen atoms in total. The van der Waals surface area contributed by atoms with Gasteiger partial charge in [0.1, 0.15) is 0 Å². The van der Waals surface area contributed by atoms with Gasteiger partial charge in [-0.3, -0.25) is 0 Å². The van der Waals surface area contributed by atoms with Crippen molar-refractivity contribution in [2.75, 3.05) is 6.54 Å². The van der Waals surface area contributed by atoms with Gasteiger partial charge in [0.2, 0.25) is 0 Å². The van der Waals surface area contributed by atoms with Gasteiger partial charge in [0.25, 0.3) is 0 Å². The van der Waals surface area contributed by atoms with E-state index in [0.29, 0.717) is 5.92 Å². The van der Waals surface area contributed by atoms with Crippen molar-refractivity contribution in [1.82, 2.24) is 0 Å². The highest BCUT2D eigenvalue weighted by molar-refractivity contribution is 7.12. The summed E-state index contributed by atoms with van der Waals surface area (Å²) >= 11 is 1.93. The summed E-state index contributed by atoms with van der Waals surface area (Å²) in [5, 5.41) is 0. The Morgan fingerprint density at radius 3 is 3.27 bits per heavy atom. The molecule has 1 heterocycles. The molecule has 0 saturated carbocycles. The Bertz CT molecular complexity index is 265. The molecule has 0 aromatic carbocycles. The van der Waals surface area contributed by atoms with Crippen LogP contribution in [0.25, 0.3) is 0 Å². The van der Waals surface area contributed by atoms with E-state index in [2.05, 4.69) is 13.0 Å². The van der Waals surface area contributed by atoms with Crippen molar-refractivity contribution in [1.29, 1.82) is 0 Å². The highest BCUT2D eigenvalue weighted by Crippen LogP contribution is 2.38. The summed E-state index contributed by atoms with van der Waals surface area (Å²) in [6, 6.07) is 2.32. The Labute approximate surface area is 71.2 Å². The minimum atomic E-state index is 0.670. The first-order valence-corrected chi connectivity index (χ1v) is 4.92. The number of aryl methyl sites for hydroxylation is 2. The maximum atomic E-state index is 5.66. The lowest BCUT2D eigenvalue weighted by molar-refractivity contribution is 0.695. The molecular formula is C9H13NS. The number of rotatable bonds is 1. The smallest absolute Gasteiger partial charge is 0.0124 e. The molecule has 60 valence electrons. The number of thiophene rings is 1. The van der Waals surface area contributed by atoms with Gasteiger partial charge < -0.3 is 5.73 Å². The van der Waals surface area contributed by atoms with Crippen LogP contribution in [0.5, 0.6) is 0 Å². The van der Waals surface area contributed by atoms with Crippen LogP contribution in [0.4, 0.5) is 0 Å². The van der Waals surface area contributed by atoms with Gasteiger partial charge >= 0.3 is 0 Å². The van der Waals surface area contributed by atoms with Crippen molar-refractivity contribution in [3.63, 3.8) is 0 Å². The topological polar surface area (TPSA) is 26.0 Å². The van der Waals surface area contributed by atoms with Gasteiger partial charge in [0, 0.05) is 15.7 Å². The Morgan fingerprint density at radius 1 is 1.73 bits per heavy atom. The molecule has 1 atom stereocenters. The fraction of sp³-hybridized carbons (Fsp3) is 0.556. The van der Waals surface area contributed by atoms with Gasteiger partial charge in [-0.25, -0.2) is 0 Å². The van der Waals surface area contributed by atoms with Crippen LogP contribution in [0.2, 0.25) is 0 Å². The molecule has 0 fully saturated rings. The highest BCUT2D eigenvalue weighted by Gasteiger charge is 2.22. The number of hydrogen-bond donors (Lipinski definition) is 1. The predicted molar refractivity (Wildman–Crippen MR) is 49.2 cm³/mol. The molecule has 0 aliphatic heterocycles. The quantitative estimate of drug-likeness (QED) is 0.680. The van der Waals surface area contributed by atoms with Gasteiger partial charge in [0.05, 0.1) is 0 Å². The maximum absolute atomic E-state index is 5.66. The molecule has 2 rings (SSSR count). The standard InChI is InChI=1S/C9H13NS/c1-6-4-7-2-3-8(5-10)9(7)11-6/h4,8H,2-3,5,10H2,1H3. The van der Waals surface area contributed by atoms with Crippen molar-refractivity contribution in [3.8, 4) is 0 Å². The summed E-state index contributed by atoms with van der Waals surface area (Å²) < 4.78 is 0. The van der Waals surface area contributed by atoms with Crippen LogP contribution in [0.3, 0.4) is 0 Å². The second kappa shape index (κ2) is 2.61. The van der Waals surface area contributed by atoms with E-state index >= 15 is 0 Å². The number of fused-ring (bicyclic) bond motifs is 1. The molecular weight excluding hydrogens is 154 g/mol. The van der Waals surface area contributed by atoms with Crippen molar-refractivity contribution < 1.29 is 0 Å². The molecule has 2 N–H and O–H groups in total. The van der Waals surface area contributed by atoms with Crippen LogP contribution in [0.1, 0.15) is 27.7 Å². The van der Waals surface area contributed by atoms with Crippen molar-refractivity contribution in [2.45, 2.75) is 25.7 Å². The average Bonchev–Trinajstić information content (AvgIpc) is 2.45. The molecule has 1 aliphatic rings.